The average molecular weight is 228 g/mol. The molecule has 1 saturated carbocycles. The SMILES string of the molecule is O=C(O)c1ncn(-c2ccccc2)c1C1CC1. The molecule has 0 radical (unpaired) electrons. The molecule has 0 atom stereocenters. The molecular formula is C13H12N2O2. The molecule has 1 aliphatic rings. The normalized spacial score (nSPS) is 14.8. The van der Waals surface area contributed by atoms with Crippen molar-refractivity contribution < 1.29 is 9.90 Å². The number of para-hydroxylation sites is 1. The van der Waals surface area contributed by atoms with Crippen molar-refractivity contribution in [3.05, 3.63) is 48.0 Å². The Balaban J connectivity index is 2.14. The smallest absolute Gasteiger partial charge is 0.356 e. The van der Waals surface area contributed by atoms with Crippen LogP contribution in [0.1, 0.15) is 34.9 Å². The van der Waals surface area contributed by atoms with Crippen LogP contribution in [0.15, 0.2) is 36.7 Å². The summed E-state index contributed by atoms with van der Waals surface area (Å²) in [5, 5.41) is 9.13. The van der Waals surface area contributed by atoms with Crippen LogP contribution in [-0.4, -0.2) is 20.6 Å². The lowest BCUT2D eigenvalue weighted by Gasteiger charge is -2.07. The van der Waals surface area contributed by atoms with Gasteiger partial charge in [-0.05, 0) is 25.0 Å². The summed E-state index contributed by atoms with van der Waals surface area (Å²) < 4.78 is 1.89. The van der Waals surface area contributed by atoms with E-state index in [4.69, 9.17) is 5.11 Å². The lowest BCUT2D eigenvalue weighted by Crippen LogP contribution is -2.04. The minimum atomic E-state index is -0.943. The third kappa shape index (κ3) is 1.71. The molecule has 4 heteroatoms. The van der Waals surface area contributed by atoms with Crippen molar-refractivity contribution in [2.75, 3.05) is 0 Å². The first-order valence-corrected chi connectivity index (χ1v) is 5.63. The van der Waals surface area contributed by atoms with Crippen LogP contribution in [0.3, 0.4) is 0 Å². The van der Waals surface area contributed by atoms with Gasteiger partial charge in [-0.25, -0.2) is 9.78 Å². The largest absolute Gasteiger partial charge is 0.476 e. The van der Waals surface area contributed by atoms with Gasteiger partial charge in [0.1, 0.15) is 6.33 Å². The van der Waals surface area contributed by atoms with Gasteiger partial charge < -0.3 is 9.67 Å². The van der Waals surface area contributed by atoms with Crippen LogP contribution in [0, 0.1) is 0 Å². The highest BCUT2D eigenvalue weighted by molar-refractivity contribution is 5.87. The zero-order valence-corrected chi connectivity index (χ0v) is 9.21. The van der Waals surface area contributed by atoms with Crippen molar-refractivity contribution in [1.82, 2.24) is 9.55 Å². The van der Waals surface area contributed by atoms with Gasteiger partial charge in [-0.1, -0.05) is 18.2 Å². The van der Waals surface area contributed by atoms with Gasteiger partial charge >= 0.3 is 5.97 Å². The third-order valence-electron chi connectivity index (χ3n) is 3.01. The van der Waals surface area contributed by atoms with Gasteiger partial charge in [-0.15, -0.1) is 0 Å². The van der Waals surface area contributed by atoms with Crippen LogP contribution in [0.25, 0.3) is 5.69 Å². The van der Waals surface area contributed by atoms with Crippen LogP contribution in [-0.2, 0) is 0 Å². The van der Waals surface area contributed by atoms with Crippen molar-refractivity contribution in [1.29, 1.82) is 0 Å². The predicted molar refractivity (Wildman–Crippen MR) is 62.5 cm³/mol. The number of rotatable bonds is 3. The van der Waals surface area contributed by atoms with E-state index < -0.39 is 5.97 Å². The Morgan fingerprint density at radius 2 is 2.00 bits per heavy atom. The highest BCUT2D eigenvalue weighted by Gasteiger charge is 2.32. The quantitative estimate of drug-likeness (QED) is 0.877. The van der Waals surface area contributed by atoms with E-state index >= 15 is 0 Å². The number of carboxylic acid groups (broad SMARTS) is 1. The van der Waals surface area contributed by atoms with E-state index in [-0.39, 0.29) is 5.69 Å². The average Bonchev–Trinajstić information content (AvgIpc) is 3.08. The summed E-state index contributed by atoms with van der Waals surface area (Å²) in [6.07, 6.45) is 3.71. The summed E-state index contributed by atoms with van der Waals surface area (Å²) >= 11 is 0. The summed E-state index contributed by atoms with van der Waals surface area (Å²) in [5.74, 6) is -0.592. The van der Waals surface area contributed by atoms with E-state index in [1.807, 2.05) is 34.9 Å². The van der Waals surface area contributed by atoms with Gasteiger partial charge in [-0.3, -0.25) is 0 Å². The second-order valence-electron chi connectivity index (χ2n) is 4.26. The van der Waals surface area contributed by atoms with E-state index in [0.717, 1.165) is 24.2 Å². The molecule has 0 unspecified atom stereocenters. The number of imidazole rings is 1. The zero-order valence-electron chi connectivity index (χ0n) is 9.21. The van der Waals surface area contributed by atoms with Crippen molar-refractivity contribution in [2.45, 2.75) is 18.8 Å². The number of hydrogen-bond acceptors (Lipinski definition) is 2. The molecule has 17 heavy (non-hydrogen) atoms. The Morgan fingerprint density at radius 3 is 2.59 bits per heavy atom. The number of aromatic carboxylic acids is 1. The molecular weight excluding hydrogens is 216 g/mol. The highest BCUT2D eigenvalue weighted by atomic mass is 16.4. The van der Waals surface area contributed by atoms with E-state index in [9.17, 15) is 4.79 Å². The molecule has 0 aliphatic heterocycles. The third-order valence-corrected chi connectivity index (χ3v) is 3.01. The van der Waals surface area contributed by atoms with Crippen LogP contribution in [0.2, 0.25) is 0 Å². The Morgan fingerprint density at radius 1 is 1.29 bits per heavy atom. The topological polar surface area (TPSA) is 55.1 Å². The van der Waals surface area contributed by atoms with E-state index in [1.54, 1.807) is 6.33 Å². The number of hydrogen-bond donors (Lipinski definition) is 1. The predicted octanol–water partition coefficient (Wildman–Crippen LogP) is 2.45. The first-order chi connectivity index (χ1) is 8.27. The Bertz CT molecular complexity index is 556. The van der Waals surface area contributed by atoms with Crippen LogP contribution < -0.4 is 0 Å². The van der Waals surface area contributed by atoms with E-state index in [1.165, 1.54) is 0 Å². The molecule has 2 aromatic rings. The fourth-order valence-electron chi connectivity index (χ4n) is 2.06. The second kappa shape index (κ2) is 3.73. The molecule has 1 N–H and O–H groups in total. The molecule has 0 spiro atoms. The van der Waals surface area contributed by atoms with Crippen LogP contribution >= 0.6 is 0 Å². The van der Waals surface area contributed by atoms with Crippen molar-refractivity contribution in [3.63, 3.8) is 0 Å². The summed E-state index contributed by atoms with van der Waals surface area (Å²) in [7, 11) is 0. The molecule has 4 nitrogen and oxygen atoms in total. The van der Waals surface area contributed by atoms with Crippen molar-refractivity contribution >= 4 is 5.97 Å². The molecule has 1 aromatic carbocycles. The molecule has 0 amide bonds. The number of carbonyl (C=O) groups is 1. The van der Waals surface area contributed by atoms with Gasteiger partial charge in [0.2, 0.25) is 0 Å². The van der Waals surface area contributed by atoms with Crippen LogP contribution in [0.5, 0.6) is 0 Å². The van der Waals surface area contributed by atoms with Crippen molar-refractivity contribution in [3.8, 4) is 5.69 Å². The van der Waals surface area contributed by atoms with Gasteiger partial charge in [-0.2, -0.15) is 0 Å². The number of benzene rings is 1. The maximum Gasteiger partial charge on any atom is 0.356 e. The molecule has 0 saturated heterocycles. The molecule has 86 valence electrons. The monoisotopic (exact) mass is 228 g/mol. The maximum absolute atomic E-state index is 11.1. The molecule has 1 fully saturated rings. The Hall–Kier alpha value is -2.10. The number of aromatic nitrogens is 2. The second-order valence-corrected chi connectivity index (χ2v) is 4.26. The molecule has 1 heterocycles. The van der Waals surface area contributed by atoms with Gasteiger partial charge in [0, 0.05) is 11.6 Å². The van der Waals surface area contributed by atoms with Gasteiger partial charge in [0.15, 0.2) is 5.69 Å². The lowest BCUT2D eigenvalue weighted by atomic mass is 10.2. The maximum atomic E-state index is 11.1. The molecule has 3 rings (SSSR count). The van der Waals surface area contributed by atoms with Crippen molar-refractivity contribution in [2.24, 2.45) is 0 Å². The zero-order chi connectivity index (χ0) is 11.8. The first-order valence-electron chi connectivity index (χ1n) is 5.63. The fourth-order valence-corrected chi connectivity index (χ4v) is 2.06. The Labute approximate surface area is 98.5 Å². The summed E-state index contributed by atoms with van der Waals surface area (Å²) in [6.45, 7) is 0. The summed E-state index contributed by atoms with van der Waals surface area (Å²) in [6, 6.07) is 9.73. The molecule has 1 aromatic heterocycles. The van der Waals surface area contributed by atoms with Crippen LogP contribution in [0.4, 0.5) is 0 Å². The number of nitrogens with zero attached hydrogens (tertiary/aromatic N) is 2. The fraction of sp³-hybridized carbons (Fsp3) is 0.231. The van der Waals surface area contributed by atoms with Gasteiger partial charge in [0.05, 0.1) is 5.69 Å². The van der Waals surface area contributed by atoms with Gasteiger partial charge in [0.25, 0.3) is 0 Å². The summed E-state index contributed by atoms with van der Waals surface area (Å²) in [4.78, 5) is 15.1. The molecule has 0 bridgehead atoms. The highest BCUT2D eigenvalue weighted by Crippen LogP contribution is 2.42. The molecule has 1 aliphatic carbocycles. The van der Waals surface area contributed by atoms with E-state index in [0.29, 0.717) is 5.92 Å². The summed E-state index contributed by atoms with van der Waals surface area (Å²) in [5.41, 5.74) is 1.99. The minimum Gasteiger partial charge on any atom is -0.476 e. The minimum absolute atomic E-state index is 0.191. The standard InChI is InChI=1S/C13H12N2O2/c16-13(17)11-12(9-6-7-9)15(8-14-11)10-4-2-1-3-5-10/h1-5,8-9H,6-7H2,(H,16,17). The number of carboxylic acids is 1. The Kier molecular flexibility index (Phi) is 2.21. The first kappa shape index (κ1) is 10.1. The lowest BCUT2D eigenvalue weighted by molar-refractivity contribution is 0.0689. The van der Waals surface area contributed by atoms with E-state index in [2.05, 4.69) is 4.98 Å².